The zero-order valence-corrected chi connectivity index (χ0v) is 17.9. The summed E-state index contributed by atoms with van der Waals surface area (Å²) in [6.07, 6.45) is 0.742. The van der Waals surface area contributed by atoms with E-state index in [9.17, 15) is 9.18 Å². The molecule has 3 aromatic rings. The summed E-state index contributed by atoms with van der Waals surface area (Å²) >= 11 is 0. The Morgan fingerprint density at radius 1 is 1.16 bits per heavy atom. The summed E-state index contributed by atoms with van der Waals surface area (Å²) in [7, 11) is 0. The molecule has 1 aromatic carbocycles. The van der Waals surface area contributed by atoms with E-state index in [4.69, 9.17) is 4.42 Å². The molecular weight excluding hydrogens is 399 g/mol. The molecule has 0 radical (unpaired) electrons. The molecule has 0 unspecified atom stereocenters. The quantitative estimate of drug-likeness (QED) is 0.578. The highest BCUT2D eigenvalue weighted by Crippen LogP contribution is 2.20. The van der Waals surface area contributed by atoms with Gasteiger partial charge in [0.25, 0.3) is 5.89 Å². The minimum absolute atomic E-state index is 0.0830. The molecule has 1 saturated heterocycles. The van der Waals surface area contributed by atoms with Gasteiger partial charge in [-0.25, -0.2) is 4.39 Å². The second kappa shape index (κ2) is 9.38. The fraction of sp³-hybridized carbons (Fsp3) is 0.455. The fourth-order valence-corrected chi connectivity index (χ4v) is 3.84. The van der Waals surface area contributed by atoms with Crippen LogP contribution in [0.2, 0.25) is 0 Å². The van der Waals surface area contributed by atoms with Crippen molar-refractivity contribution in [2.45, 2.75) is 39.8 Å². The normalized spacial score (nSPS) is 14.9. The van der Waals surface area contributed by atoms with Gasteiger partial charge in [0.05, 0.1) is 5.69 Å². The van der Waals surface area contributed by atoms with Crippen LogP contribution in [0.3, 0.4) is 0 Å². The van der Waals surface area contributed by atoms with Gasteiger partial charge in [-0.15, -0.1) is 10.2 Å². The van der Waals surface area contributed by atoms with E-state index in [0.717, 1.165) is 30.0 Å². The van der Waals surface area contributed by atoms with Gasteiger partial charge in [0.2, 0.25) is 11.8 Å². The third-order valence-corrected chi connectivity index (χ3v) is 5.46. The van der Waals surface area contributed by atoms with Crippen molar-refractivity contribution in [2.24, 2.45) is 0 Å². The molecule has 1 amide bonds. The second-order valence-electron chi connectivity index (χ2n) is 7.77. The molecule has 2 aromatic heterocycles. The summed E-state index contributed by atoms with van der Waals surface area (Å²) in [6.45, 7) is 8.20. The number of piperazine rings is 1. The van der Waals surface area contributed by atoms with Crippen molar-refractivity contribution in [3.8, 4) is 11.6 Å². The maximum absolute atomic E-state index is 13.4. The summed E-state index contributed by atoms with van der Waals surface area (Å²) in [5.41, 5.74) is 2.63. The average molecular weight is 426 g/mol. The lowest BCUT2D eigenvalue weighted by atomic mass is 10.2. The molecule has 0 spiro atoms. The number of benzene rings is 1. The predicted molar refractivity (Wildman–Crippen MR) is 113 cm³/mol. The molecule has 8 nitrogen and oxygen atoms in total. The molecule has 0 N–H and O–H groups in total. The Bertz CT molecular complexity index is 1040. The average Bonchev–Trinajstić information content (AvgIpc) is 3.38. The molecule has 1 aliphatic rings. The largest absolute Gasteiger partial charge is 0.419 e. The lowest BCUT2D eigenvalue weighted by Gasteiger charge is -2.34. The highest BCUT2D eigenvalue weighted by Gasteiger charge is 2.22. The number of amides is 1. The van der Waals surface area contributed by atoms with Gasteiger partial charge in [-0.1, -0.05) is 12.1 Å². The Labute approximate surface area is 180 Å². The van der Waals surface area contributed by atoms with Crippen molar-refractivity contribution < 1.29 is 13.6 Å². The van der Waals surface area contributed by atoms with Crippen molar-refractivity contribution >= 4 is 5.91 Å². The topological polar surface area (TPSA) is 80.3 Å². The number of hydrogen-bond donors (Lipinski definition) is 0. The maximum atomic E-state index is 13.4. The predicted octanol–water partition coefficient (Wildman–Crippen LogP) is 2.68. The number of hydrogen-bond acceptors (Lipinski definition) is 6. The highest BCUT2D eigenvalue weighted by molar-refractivity contribution is 5.76. The van der Waals surface area contributed by atoms with Gasteiger partial charge in [0, 0.05) is 52.1 Å². The van der Waals surface area contributed by atoms with Gasteiger partial charge in [0.15, 0.2) is 0 Å². The third kappa shape index (κ3) is 5.16. The fourth-order valence-electron chi connectivity index (χ4n) is 3.84. The Hall–Kier alpha value is -3.07. The van der Waals surface area contributed by atoms with E-state index >= 15 is 0 Å². The van der Waals surface area contributed by atoms with Crippen molar-refractivity contribution in [3.63, 3.8) is 0 Å². The number of aryl methyl sites for hydroxylation is 3. The SMILES string of the molecule is CCn1nc(C)cc1-c1nnc(CCC(=O)N2CCN(Cc3cccc(F)c3)CC2)o1. The zero-order chi connectivity index (χ0) is 21.8. The van der Waals surface area contributed by atoms with Gasteiger partial charge < -0.3 is 9.32 Å². The van der Waals surface area contributed by atoms with E-state index in [0.29, 0.717) is 50.8 Å². The number of carbonyl (C=O) groups excluding carboxylic acids is 1. The molecule has 9 heteroatoms. The van der Waals surface area contributed by atoms with Crippen LogP contribution in [0.1, 0.15) is 30.5 Å². The first kappa shape index (κ1) is 21.2. The molecule has 0 aliphatic carbocycles. The number of carbonyl (C=O) groups is 1. The Morgan fingerprint density at radius 2 is 1.97 bits per heavy atom. The van der Waals surface area contributed by atoms with Crippen molar-refractivity contribution in [2.75, 3.05) is 26.2 Å². The molecule has 31 heavy (non-hydrogen) atoms. The maximum Gasteiger partial charge on any atom is 0.265 e. The van der Waals surface area contributed by atoms with Gasteiger partial charge in [-0.2, -0.15) is 5.10 Å². The molecule has 1 fully saturated rings. The molecule has 4 rings (SSSR count). The van der Waals surface area contributed by atoms with Crippen molar-refractivity contribution in [1.29, 1.82) is 0 Å². The van der Waals surface area contributed by atoms with Crippen LogP contribution in [-0.2, 0) is 24.3 Å². The first-order chi connectivity index (χ1) is 15.0. The monoisotopic (exact) mass is 426 g/mol. The Balaban J connectivity index is 1.26. The van der Waals surface area contributed by atoms with Crippen LogP contribution in [0, 0.1) is 12.7 Å². The van der Waals surface area contributed by atoms with Gasteiger partial charge >= 0.3 is 0 Å². The van der Waals surface area contributed by atoms with E-state index < -0.39 is 0 Å². The molecule has 164 valence electrons. The molecule has 1 aliphatic heterocycles. The summed E-state index contributed by atoms with van der Waals surface area (Å²) in [4.78, 5) is 16.7. The van der Waals surface area contributed by atoms with Gasteiger partial charge in [-0.3, -0.25) is 14.4 Å². The minimum atomic E-state index is -0.218. The first-order valence-corrected chi connectivity index (χ1v) is 10.6. The second-order valence-corrected chi connectivity index (χ2v) is 7.77. The zero-order valence-electron chi connectivity index (χ0n) is 17.9. The number of aromatic nitrogens is 4. The van der Waals surface area contributed by atoms with E-state index in [1.807, 2.05) is 35.6 Å². The smallest absolute Gasteiger partial charge is 0.265 e. The van der Waals surface area contributed by atoms with Crippen LogP contribution < -0.4 is 0 Å². The number of rotatable bonds is 7. The summed E-state index contributed by atoms with van der Waals surface area (Å²) in [5.74, 6) is 0.745. The molecule has 0 saturated carbocycles. The molecule has 0 atom stereocenters. The van der Waals surface area contributed by atoms with Crippen LogP contribution in [-0.4, -0.2) is 61.9 Å². The lowest BCUT2D eigenvalue weighted by molar-refractivity contribution is -0.133. The van der Waals surface area contributed by atoms with Gasteiger partial charge in [-0.05, 0) is 37.6 Å². The Morgan fingerprint density at radius 3 is 2.71 bits per heavy atom. The minimum Gasteiger partial charge on any atom is -0.419 e. The van der Waals surface area contributed by atoms with E-state index in [-0.39, 0.29) is 11.7 Å². The van der Waals surface area contributed by atoms with Gasteiger partial charge in [0.1, 0.15) is 11.5 Å². The number of halogens is 1. The third-order valence-electron chi connectivity index (χ3n) is 5.46. The van der Waals surface area contributed by atoms with Crippen LogP contribution in [0.25, 0.3) is 11.6 Å². The van der Waals surface area contributed by atoms with Crippen LogP contribution in [0.5, 0.6) is 0 Å². The summed E-state index contributed by atoms with van der Waals surface area (Å²) in [6, 6.07) is 8.57. The van der Waals surface area contributed by atoms with Crippen LogP contribution in [0.4, 0.5) is 4.39 Å². The van der Waals surface area contributed by atoms with Crippen molar-refractivity contribution in [3.05, 3.63) is 53.3 Å². The molecule has 3 heterocycles. The standard InChI is InChI=1S/C22H27FN6O2/c1-3-29-19(13-16(2)26-29)22-25-24-20(31-22)7-8-21(30)28-11-9-27(10-12-28)15-17-5-4-6-18(23)14-17/h4-6,13-14H,3,7-12,15H2,1-2H3. The van der Waals surface area contributed by atoms with E-state index in [2.05, 4.69) is 20.2 Å². The molecular formula is C22H27FN6O2. The van der Waals surface area contributed by atoms with Crippen molar-refractivity contribution in [1.82, 2.24) is 29.8 Å². The Kier molecular flexibility index (Phi) is 6.41. The van der Waals surface area contributed by atoms with Crippen LogP contribution in [0.15, 0.2) is 34.7 Å². The van der Waals surface area contributed by atoms with E-state index in [1.54, 1.807) is 12.1 Å². The summed E-state index contributed by atoms with van der Waals surface area (Å²) in [5, 5.41) is 12.6. The molecule has 0 bridgehead atoms. The lowest BCUT2D eigenvalue weighted by Crippen LogP contribution is -2.48. The first-order valence-electron chi connectivity index (χ1n) is 10.6. The number of nitrogens with zero attached hydrogens (tertiary/aromatic N) is 6. The van der Waals surface area contributed by atoms with Crippen LogP contribution >= 0.6 is 0 Å². The highest BCUT2D eigenvalue weighted by atomic mass is 19.1. The van der Waals surface area contributed by atoms with E-state index in [1.165, 1.54) is 6.07 Å². The summed E-state index contributed by atoms with van der Waals surface area (Å²) < 4.78 is 20.9.